The van der Waals surface area contributed by atoms with E-state index in [0.717, 1.165) is 49.5 Å². The third-order valence-corrected chi connectivity index (χ3v) is 8.92. The zero-order valence-electron chi connectivity index (χ0n) is 29.2. The van der Waals surface area contributed by atoms with Crippen molar-refractivity contribution in [1.29, 1.82) is 0 Å². The number of ether oxygens (including phenoxy) is 2. The molecule has 0 aromatic heterocycles. The van der Waals surface area contributed by atoms with Gasteiger partial charge < -0.3 is 19.3 Å². The van der Waals surface area contributed by atoms with Gasteiger partial charge in [-0.15, -0.1) is 0 Å². The molecule has 0 bridgehead atoms. The quantitative estimate of drug-likeness (QED) is 0.142. The first-order valence-electron chi connectivity index (χ1n) is 16.5. The van der Waals surface area contributed by atoms with Crippen LogP contribution in [0.3, 0.4) is 0 Å². The summed E-state index contributed by atoms with van der Waals surface area (Å²) in [4.78, 5) is 5.01. The normalized spacial score (nSPS) is 13.7. The minimum absolute atomic E-state index is 0.192. The van der Waals surface area contributed by atoms with Gasteiger partial charge in [-0.3, -0.25) is 0 Å². The molecule has 242 valence electrons. The number of nitrogens with zero attached hydrogens (tertiary/aromatic N) is 2. The number of hydrogen-bond donors (Lipinski definition) is 0. The monoisotopic (exact) mass is 608 g/mol. The Balaban J connectivity index is 1.93. The molecule has 0 N–H and O–H groups in total. The molecule has 45 heavy (non-hydrogen) atoms. The lowest BCUT2D eigenvalue weighted by atomic mass is 9.91. The Morgan fingerprint density at radius 2 is 1.47 bits per heavy atom. The number of hydrogen-bond acceptors (Lipinski definition) is 4. The minimum Gasteiger partial charge on any atom is -0.497 e. The highest BCUT2D eigenvalue weighted by Crippen LogP contribution is 2.36. The van der Waals surface area contributed by atoms with Gasteiger partial charge in [-0.2, -0.15) is 0 Å². The number of allylic oxidation sites excluding steroid dienone is 3. The molecule has 0 amide bonds. The van der Waals surface area contributed by atoms with Crippen molar-refractivity contribution >= 4 is 17.5 Å². The van der Waals surface area contributed by atoms with E-state index in [2.05, 4.69) is 143 Å². The first-order chi connectivity index (χ1) is 21.7. The molecule has 3 aromatic rings. The van der Waals surface area contributed by atoms with Crippen molar-refractivity contribution in [2.45, 2.75) is 85.7 Å². The summed E-state index contributed by atoms with van der Waals surface area (Å²) in [5.74, 6) is 2.00. The lowest BCUT2D eigenvalue weighted by Gasteiger charge is -2.36. The summed E-state index contributed by atoms with van der Waals surface area (Å²) < 4.78 is 11.4. The van der Waals surface area contributed by atoms with Gasteiger partial charge >= 0.3 is 0 Å². The summed E-state index contributed by atoms with van der Waals surface area (Å²) in [5, 5.41) is 0. The molecular formula is C41H56N2O2. The molecule has 0 saturated heterocycles. The molecule has 0 radical (unpaired) electrons. The Kier molecular flexibility index (Phi) is 14.3. The summed E-state index contributed by atoms with van der Waals surface area (Å²) in [5.41, 5.74) is 7.66. The van der Waals surface area contributed by atoms with Gasteiger partial charge in [-0.1, -0.05) is 79.6 Å². The van der Waals surface area contributed by atoms with Gasteiger partial charge in [0.2, 0.25) is 0 Å². The second kappa shape index (κ2) is 18.1. The maximum absolute atomic E-state index is 5.97. The molecule has 3 atom stereocenters. The summed E-state index contributed by atoms with van der Waals surface area (Å²) in [6.07, 6.45) is 12.5. The maximum Gasteiger partial charge on any atom is 0.122 e. The van der Waals surface area contributed by atoms with Crippen molar-refractivity contribution in [2.75, 3.05) is 37.1 Å². The standard InChI is InChI=1S/C41H56N2O2/c1-10-33(5)42(29-27-32(4)17-14-16-31(2)3)38-23-26-41(45-9)40(30-38)34(6)35(7)43(37-21-24-39(44-8)25-22-37)28-15-20-36-18-12-11-13-19-36/h11-13,15-16,18-27,30,33-35H,10,14,17,28-29H2,1-9H3/b20-15+,32-27+. The summed E-state index contributed by atoms with van der Waals surface area (Å²) in [6, 6.07) is 26.2. The van der Waals surface area contributed by atoms with Crippen molar-refractivity contribution < 1.29 is 9.47 Å². The Labute approximate surface area is 274 Å². The first kappa shape index (κ1) is 35.6. The largest absolute Gasteiger partial charge is 0.497 e. The van der Waals surface area contributed by atoms with E-state index in [1.165, 1.54) is 28.0 Å². The van der Waals surface area contributed by atoms with E-state index < -0.39 is 0 Å². The summed E-state index contributed by atoms with van der Waals surface area (Å²) >= 11 is 0. The lowest BCUT2D eigenvalue weighted by molar-refractivity contribution is 0.402. The van der Waals surface area contributed by atoms with E-state index in [-0.39, 0.29) is 12.0 Å². The van der Waals surface area contributed by atoms with Crippen LogP contribution in [0.5, 0.6) is 11.5 Å². The van der Waals surface area contributed by atoms with Crippen molar-refractivity contribution in [3.05, 3.63) is 113 Å². The Morgan fingerprint density at radius 1 is 0.778 bits per heavy atom. The van der Waals surface area contributed by atoms with Crippen molar-refractivity contribution in [3.63, 3.8) is 0 Å². The van der Waals surface area contributed by atoms with Gasteiger partial charge in [0.1, 0.15) is 11.5 Å². The number of rotatable bonds is 17. The van der Waals surface area contributed by atoms with Gasteiger partial charge in [0.25, 0.3) is 0 Å². The molecule has 3 rings (SSSR count). The molecule has 0 aliphatic carbocycles. The topological polar surface area (TPSA) is 24.9 Å². The SMILES string of the molecule is CCC(C)N(C/C=C(\C)CCC=C(C)C)c1ccc(OC)c(C(C)C(C)N(C/C=C/c2ccccc2)c2ccc(OC)cc2)c1. The predicted molar refractivity (Wildman–Crippen MR) is 196 cm³/mol. The van der Waals surface area contributed by atoms with E-state index in [1.807, 2.05) is 12.1 Å². The number of anilines is 2. The predicted octanol–water partition coefficient (Wildman–Crippen LogP) is 10.7. The summed E-state index contributed by atoms with van der Waals surface area (Å²) in [6.45, 7) is 17.5. The van der Waals surface area contributed by atoms with Crippen molar-refractivity contribution in [2.24, 2.45) is 0 Å². The average Bonchev–Trinajstić information content (AvgIpc) is 3.06. The molecule has 0 saturated carbocycles. The molecule has 3 aromatic carbocycles. The van der Waals surface area contributed by atoms with Crippen LogP contribution in [-0.2, 0) is 0 Å². The second-order valence-corrected chi connectivity index (χ2v) is 12.4. The fourth-order valence-electron chi connectivity index (χ4n) is 5.64. The lowest BCUT2D eigenvalue weighted by Crippen LogP contribution is -2.37. The van der Waals surface area contributed by atoms with Gasteiger partial charge in [0.05, 0.1) is 14.2 Å². The van der Waals surface area contributed by atoms with Crippen molar-refractivity contribution in [1.82, 2.24) is 0 Å². The molecule has 0 fully saturated rings. The number of benzene rings is 3. The molecule has 0 spiro atoms. The van der Waals surface area contributed by atoms with Gasteiger partial charge in [0, 0.05) is 48.0 Å². The van der Waals surface area contributed by atoms with Crippen LogP contribution in [-0.4, -0.2) is 39.4 Å². The Morgan fingerprint density at radius 3 is 2.09 bits per heavy atom. The molecular weight excluding hydrogens is 552 g/mol. The van der Waals surface area contributed by atoms with Crippen LogP contribution < -0.4 is 19.3 Å². The number of methoxy groups -OCH3 is 2. The second-order valence-electron chi connectivity index (χ2n) is 12.4. The molecule has 0 aliphatic rings. The average molecular weight is 609 g/mol. The Bertz CT molecular complexity index is 1390. The van der Waals surface area contributed by atoms with Crippen LogP contribution >= 0.6 is 0 Å². The van der Waals surface area contributed by atoms with Crippen LogP contribution in [0.15, 0.2) is 102 Å². The van der Waals surface area contributed by atoms with Crippen LogP contribution in [0.1, 0.15) is 84.8 Å². The van der Waals surface area contributed by atoms with E-state index in [4.69, 9.17) is 9.47 Å². The zero-order chi connectivity index (χ0) is 32.8. The van der Waals surface area contributed by atoms with E-state index in [1.54, 1.807) is 14.2 Å². The third kappa shape index (κ3) is 10.6. The molecule has 0 aliphatic heterocycles. The fraction of sp³-hybridized carbons (Fsp3) is 0.415. The highest BCUT2D eigenvalue weighted by Gasteiger charge is 2.25. The first-order valence-corrected chi connectivity index (χ1v) is 16.5. The van der Waals surface area contributed by atoms with E-state index in [0.29, 0.717) is 6.04 Å². The van der Waals surface area contributed by atoms with Crippen LogP contribution in [0, 0.1) is 0 Å². The van der Waals surface area contributed by atoms with Crippen molar-refractivity contribution in [3.8, 4) is 11.5 Å². The van der Waals surface area contributed by atoms with Crippen LogP contribution in [0.25, 0.3) is 6.08 Å². The molecule has 3 unspecified atom stereocenters. The third-order valence-electron chi connectivity index (χ3n) is 8.92. The van der Waals surface area contributed by atoms with E-state index in [9.17, 15) is 0 Å². The maximum atomic E-state index is 5.97. The van der Waals surface area contributed by atoms with Crippen LogP contribution in [0.2, 0.25) is 0 Å². The Hall–Kier alpha value is -3.92. The van der Waals surface area contributed by atoms with Crippen LogP contribution in [0.4, 0.5) is 11.4 Å². The van der Waals surface area contributed by atoms with Gasteiger partial charge in [-0.05, 0) is 102 Å². The van der Waals surface area contributed by atoms with E-state index >= 15 is 0 Å². The van der Waals surface area contributed by atoms with Gasteiger partial charge in [0.15, 0.2) is 0 Å². The fourth-order valence-corrected chi connectivity index (χ4v) is 5.64. The zero-order valence-corrected chi connectivity index (χ0v) is 29.2. The molecule has 4 heteroatoms. The molecule has 4 nitrogen and oxygen atoms in total. The summed E-state index contributed by atoms with van der Waals surface area (Å²) in [7, 11) is 3.49. The smallest absolute Gasteiger partial charge is 0.122 e. The van der Waals surface area contributed by atoms with Gasteiger partial charge in [-0.25, -0.2) is 0 Å². The minimum atomic E-state index is 0.192. The highest BCUT2D eigenvalue weighted by molar-refractivity contribution is 5.58. The molecule has 0 heterocycles. The highest BCUT2D eigenvalue weighted by atomic mass is 16.5.